The minimum Gasteiger partial charge on any atom is -0.495 e. The quantitative estimate of drug-likeness (QED) is 0.914. The molecule has 100 valence electrons. The predicted octanol–water partition coefficient (Wildman–Crippen LogP) is 2.74. The molecular formula is C14H20ClNO2. The third-order valence-corrected chi connectivity index (χ3v) is 3.61. The number of rotatable bonds is 4. The summed E-state index contributed by atoms with van der Waals surface area (Å²) in [6.45, 7) is 5.49. The maximum atomic E-state index is 6.19. The van der Waals surface area contributed by atoms with Gasteiger partial charge in [0.1, 0.15) is 5.75 Å². The summed E-state index contributed by atoms with van der Waals surface area (Å²) in [5, 5.41) is 0.635. The summed E-state index contributed by atoms with van der Waals surface area (Å²) in [7, 11) is 1.62. The lowest BCUT2D eigenvalue weighted by Crippen LogP contribution is -2.53. The van der Waals surface area contributed by atoms with Crippen LogP contribution in [0.1, 0.15) is 25.8 Å². The standard InChI is InChI=1S/C14H20ClNO2/c1-13(2,16)7-14(8-18-9-14)10-4-5-12(17-3)11(15)6-10/h4-6H,7-9,16H2,1-3H3. The zero-order valence-electron chi connectivity index (χ0n) is 11.1. The van der Waals surface area contributed by atoms with E-state index < -0.39 is 0 Å². The van der Waals surface area contributed by atoms with E-state index in [1.54, 1.807) is 7.11 Å². The highest BCUT2D eigenvalue weighted by molar-refractivity contribution is 6.32. The number of benzene rings is 1. The second-order valence-corrected chi connectivity index (χ2v) is 6.20. The molecule has 1 saturated heterocycles. The summed E-state index contributed by atoms with van der Waals surface area (Å²) in [6, 6.07) is 5.93. The Morgan fingerprint density at radius 1 is 1.44 bits per heavy atom. The van der Waals surface area contributed by atoms with Crippen LogP contribution in [-0.2, 0) is 10.2 Å². The van der Waals surface area contributed by atoms with Gasteiger partial charge in [0.25, 0.3) is 0 Å². The van der Waals surface area contributed by atoms with Crippen molar-refractivity contribution in [3.63, 3.8) is 0 Å². The lowest BCUT2D eigenvalue weighted by molar-refractivity contribution is -0.0719. The van der Waals surface area contributed by atoms with Gasteiger partial charge in [-0.05, 0) is 38.0 Å². The van der Waals surface area contributed by atoms with Gasteiger partial charge in [-0.2, -0.15) is 0 Å². The van der Waals surface area contributed by atoms with Crippen LogP contribution in [0, 0.1) is 0 Å². The predicted molar refractivity (Wildman–Crippen MR) is 73.4 cm³/mol. The Balaban J connectivity index is 2.30. The number of ether oxygens (including phenoxy) is 2. The lowest BCUT2D eigenvalue weighted by atomic mass is 9.71. The van der Waals surface area contributed by atoms with Gasteiger partial charge in [-0.25, -0.2) is 0 Å². The molecular weight excluding hydrogens is 250 g/mol. The summed E-state index contributed by atoms with van der Waals surface area (Å²) < 4.78 is 10.6. The smallest absolute Gasteiger partial charge is 0.137 e. The van der Waals surface area contributed by atoms with Gasteiger partial charge < -0.3 is 15.2 Å². The zero-order chi connectivity index (χ0) is 13.4. The summed E-state index contributed by atoms with van der Waals surface area (Å²) in [5.74, 6) is 0.697. The van der Waals surface area contributed by atoms with Gasteiger partial charge >= 0.3 is 0 Å². The van der Waals surface area contributed by atoms with Crippen molar-refractivity contribution >= 4 is 11.6 Å². The molecule has 1 aliphatic heterocycles. The molecule has 0 amide bonds. The molecule has 1 aromatic carbocycles. The molecule has 0 spiro atoms. The monoisotopic (exact) mass is 269 g/mol. The van der Waals surface area contributed by atoms with Gasteiger partial charge in [-0.3, -0.25) is 0 Å². The highest BCUT2D eigenvalue weighted by Crippen LogP contribution is 2.41. The molecule has 0 aliphatic carbocycles. The van der Waals surface area contributed by atoms with Crippen molar-refractivity contribution in [1.82, 2.24) is 0 Å². The Hall–Kier alpha value is -0.770. The molecule has 2 rings (SSSR count). The molecule has 4 heteroatoms. The number of halogens is 1. The number of hydrogen-bond acceptors (Lipinski definition) is 3. The molecule has 0 bridgehead atoms. The normalized spacial score (nSPS) is 18.3. The Kier molecular flexibility index (Phi) is 3.58. The highest BCUT2D eigenvalue weighted by atomic mass is 35.5. The van der Waals surface area contributed by atoms with Gasteiger partial charge in [-0.15, -0.1) is 0 Å². The van der Waals surface area contributed by atoms with E-state index in [9.17, 15) is 0 Å². The van der Waals surface area contributed by atoms with E-state index in [1.165, 1.54) is 5.56 Å². The lowest BCUT2D eigenvalue weighted by Gasteiger charge is -2.45. The fourth-order valence-electron chi connectivity index (χ4n) is 2.59. The average molecular weight is 270 g/mol. The maximum Gasteiger partial charge on any atom is 0.137 e. The number of nitrogens with two attached hydrogens (primary N) is 1. The van der Waals surface area contributed by atoms with Gasteiger partial charge in [0.15, 0.2) is 0 Å². The molecule has 0 radical (unpaired) electrons. The molecule has 0 aromatic heterocycles. The summed E-state index contributed by atoms with van der Waals surface area (Å²) in [4.78, 5) is 0. The van der Waals surface area contributed by atoms with Gasteiger partial charge in [0.05, 0.1) is 25.3 Å². The third-order valence-electron chi connectivity index (χ3n) is 3.31. The van der Waals surface area contributed by atoms with E-state index in [1.807, 2.05) is 26.0 Å². The van der Waals surface area contributed by atoms with Crippen molar-refractivity contribution in [2.24, 2.45) is 5.73 Å². The van der Waals surface area contributed by atoms with Crippen LogP contribution in [0.5, 0.6) is 5.75 Å². The zero-order valence-corrected chi connectivity index (χ0v) is 11.9. The molecule has 0 unspecified atom stereocenters. The first-order valence-electron chi connectivity index (χ1n) is 6.07. The van der Waals surface area contributed by atoms with Crippen molar-refractivity contribution < 1.29 is 9.47 Å². The third kappa shape index (κ3) is 2.63. The topological polar surface area (TPSA) is 44.5 Å². The first kappa shape index (κ1) is 13.7. The Morgan fingerprint density at radius 2 is 2.11 bits per heavy atom. The molecule has 0 atom stereocenters. The minimum absolute atomic E-state index is 0.00579. The van der Waals surface area contributed by atoms with Crippen LogP contribution in [-0.4, -0.2) is 25.9 Å². The highest BCUT2D eigenvalue weighted by Gasteiger charge is 2.43. The van der Waals surface area contributed by atoms with Gasteiger partial charge in [0.2, 0.25) is 0 Å². The summed E-state index contributed by atoms with van der Waals surface area (Å²) in [5.41, 5.74) is 7.10. The van der Waals surface area contributed by atoms with Gasteiger partial charge in [0, 0.05) is 11.0 Å². The largest absolute Gasteiger partial charge is 0.495 e. The fraction of sp³-hybridized carbons (Fsp3) is 0.571. The van der Waals surface area contributed by atoms with E-state index in [2.05, 4.69) is 6.07 Å². The maximum absolute atomic E-state index is 6.19. The van der Waals surface area contributed by atoms with Crippen molar-refractivity contribution in [2.75, 3.05) is 20.3 Å². The van der Waals surface area contributed by atoms with Crippen molar-refractivity contribution in [3.05, 3.63) is 28.8 Å². The van der Waals surface area contributed by atoms with Crippen LogP contribution in [0.15, 0.2) is 18.2 Å². The fourth-order valence-corrected chi connectivity index (χ4v) is 2.85. The second kappa shape index (κ2) is 4.72. The van der Waals surface area contributed by atoms with E-state index in [0.717, 1.165) is 6.42 Å². The van der Waals surface area contributed by atoms with E-state index in [0.29, 0.717) is 24.0 Å². The average Bonchev–Trinajstić information content (AvgIpc) is 2.22. The van der Waals surface area contributed by atoms with Crippen LogP contribution in [0.4, 0.5) is 0 Å². The van der Waals surface area contributed by atoms with Crippen LogP contribution < -0.4 is 10.5 Å². The van der Waals surface area contributed by atoms with Crippen LogP contribution in [0.3, 0.4) is 0 Å². The Labute approximate surface area is 113 Å². The molecule has 2 N–H and O–H groups in total. The van der Waals surface area contributed by atoms with Crippen LogP contribution in [0.2, 0.25) is 5.02 Å². The molecule has 18 heavy (non-hydrogen) atoms. The molecule has 1 fully saturated rings. The molecule has 1 aliphatic rings. The Bertz CT molecular complexity index is 436. The van der Waals surface area contributed by atoms with Crippen LogP contribution >= 0.6 is 11.6 Å². The summed E-state index contributed by atoms with van der Waals surface area (Å²) >= 11 is 6.19. The molecule has 3 nitrogen and oxygen atoms in total. The minimum atomic E-state index is -0.226. The molecule has 1 heterocycles. The van der Waals surface area contributed by atoms with E-state index in [-0.39, 0.29) is 11.0 Å². The van der Waals surface area contributed by atoms with E-state index in [4.69, 9.17) is 26.8 Å². The number of hydrogen-bond donors (Lipinski definition) is 1. The second-order valence-electron chi connectivity index (χ2n) is 5.79. The SMILES string of the molecule is COc1ccc(C2(CC(C)(C)N)COC2)cc1Cl. The van der Waals surface area contributed by atoms with Crippen LogP contribution in [0.25, 0.3) is 0 Å². The van der Waals surface area contributed by atoms with Gasteiger partial charge in [-0.1, -0.05) is 17.7 Å². The van der Waals surface area contributed by atoms with E-state index >= 15 is 0 Å². The van der Waals surface area contributed by atoms with Crippen molar-refractivity contribution in [2.45, 2.75) is 31.2 Å². The van der Waals surface area contributed by atoms with Crippen molar-refractivity contribution in [1.29, 1.82) is 0 Å². The summed E-state index contributed by atoms with van der Waals surface area (Å²) in [6.07, 6.45) is 0.878. The first-order chi connectivity index (χ1) is 8.36. The molecule has 0 saturated carbocycles. The number of methoxy groups -OCH3 is 1. The first-order valence-corrected chi connectivity index (χ1v) is 6.45. The Morgan fingerprint density at radius 3 is 2.50 bits per heavy atom. The molecule has 1 aromatic rings. The van der Waals surface area contributed by atoms with Crippen molar-refractivity contribution in [3.8, 4) is 5.75 Å².